The summed E-state index contributed by atoms with van der Waals surface area (Å²) >= 11 is 0. The van der Waals surface area contributed by atoms with Crippen LogP contribution in [0.2, 0.25) is 0 Å². The molecule has 0 bridgehead atoms. The van der Waals surface area contributed by atoms with Crippen LogP contribution in [0.25, 0.3) is 0 Å². The molecule has 2 aliphatic rings. The summed E-state index contributed by atoms with van der Waals surface area (Å²) < 4.78 is 15.8. The van der Waals surface area contributed by atoms with Crippen molar-refractivity contribution in [2.45, 2.75) is 50.8 Å². The second kappa shape index (κ2) is 3.18. The molecule has 0 amide bonds. The van der Waals surface area contributed by atoms with Gasteiger partial charge in [-0.2, -0.15) is 0 Å². The van der Waals surface area contributed by atoms with Gasteiger partial charge in [-0.05, 0) is 13.8 Å². The lowest BCUT2D eigenvalue weighted by molar-refractivity contribution is -0.241. The van der Waals surface area contributed by atoms with Crippen LogP contribution in [0.5, 0.6) is 0 Å². The van der Waals surface area contributed by atoms with E-state index in [2.05, 4.69) is 0 Å². The van der Waals surface area contributed by atoms with E-state index in [0.717, 1.165) is 0 Å². The molecule has 6 atom stereocenters. The Hall–Kier alpha value is -0.200. The molecule has 76 valence electrons. The fraction of sp³-hybridized carbons (Fsp3) is 1.00. The van der Waals surface area contributed by atoms with Crippen molar-refractivity contribution in [1.29, 1.82) is 0 Å². The molecule has 0 aromatic heterocycles. The molecule has 0 saturated carbocycles. The molecule has 2 heterocycles. The zero-order valence-corrected chi connectivity index (χ0v) is 7.58. The molecule has 0 spiro atoms. The molecule has 13 heavy (non-hydrogen) atoms. The maximum atomic E-state index is 9.60. The largest absolute Gasteiger partial charge is 0.388 e. The van der Waals surface area contributed by atoms with E-state index in [0.29, 0.717) is 0 Å². The Morgan fingerprint density at radius 3 is 2.31 bits per heavy atom. The number of aliphatic hydroxyl groups excluding tert-OH is 2. The van der Waals surface area contributed by atoms with Crippen molar-refractivity contribution in [1.82, 2.24) is 0 Å². The van der Waals surface area contributed by atoms with Crippen LogP contribution in [0.3, 0.4) is 0 Å². The predicted octanol–water partition coefficient (Wildman–Crippen LogP) is -0.786. The summed E-state index contributed by atoms with van der Waals surface area (Å²) in [5.41, 5.74) is 0. The number of aliphatic hydroxyl groups is 2. The highest BCUT2D eigenvalue weighted by atomic mass is 16.8. The monoisotopic (exact) mass is 190 g/mol. The maximum absolute atomic E-state index is 9.60. The smallest absolute Gasteiger partial charge is 0.189 e. The Kier molecular flexibility index (Phi) is 2.29. The Balaban J connectivity index is 2.11. The number of fused-ring (bicyclic) bond motifs is 1. The number of rotatable bonds is 0. The molecule has 0 aromatic rings. The minimum atomic E-state index is -0.932. The van der Waals surface area contributed by atoms with Crippen molar-refractivity contribution in [3.05, 3.63) is 0 Å². The number of hydrogen-bond donors (Lipinski definition) is 2. The summed E-state index contributed by atoms with van der Waals surface area (Å²) in [6.45, 7) is 3.42. The lowest BCUT2D eigenvalue weighted by atomic mass is 10.0. The topological polar surface area (TPSA) is 68.2 Å². The molecular weight excluding hydrogens is 176 g/mol. The molecule has 0 aromatic carbocycles. The van der Waals surface area contributed by atoms with Gasteiger partial charge < -0.3 is 24.4 Å². The molecular formula is C8H14O5. The summed E-state index contributed by atoms with van der Waals surface area (Å²) in [5, 5.41) is 19.1. The Morgan fingerprint density at radius 2 is 1.62 bits per heavy atom. The average Bonchev–Trinajstić information content (AvgIpc) is 2.42. The first-order chi connectivity index (χ1) is 6.09. The normalized spacial score (nSPS) is 56.3. The van der Waals surface area contributed by atoms with Crippen molar-refractivity contribution >= 4 is 0 Å². The van der Waals surface area contributed by atoms with Gasteiger partial charge in [-0.25, -0.2) is 0 Å². The highest BCUT2D eigenvalue weighted by Gasteiger charge is 2.49. The van der Waals surface area contributed by atoms with E-state index in [9.17, 15) is 10.2 Å². The van der Waals surface area contributed by atoms with Gasteiger partial charge in [0, 0.05) is 0 Å². The fourth-order valence-corrected chi connectivity index (χ4v) is 1.70. The van der Waals surface area contributed by atoms with Gasteiger partial charge in [-0.15, -0.1) is 0 Å². The molecule has 2 fully saturated rings. The summed E-state index contributed by atoms with van der Waals surface area (Å²) in [6, 6.07) is 0. The van der Waals surface area contributed by atoms with Crippen LogP contribution >= 0.6 is 0 Å². The summed E-state index contributed by atoms with van der Waals surface area (Å²) in [5.74, 6) is 0. The van der Waals surface area contributed by atoms with E-state index in [4.69, 9.17) is 14.2 Å². The van der Waals surface area contributed by atoms with Crippen LogP contribution < -0.4 is 0 Å². The lowest BCUT2D eigenvalue weighted by Crippen LogP contribution is -2.55. The Labute approximate surface area is 76.2 Å². The molecule has 0 aliphatic carbocycles. The van der Waals surface area contributed by atoms with Crippen LogP contribution in [0.1, 0.15) is 13.8 Å². The van der Waals surface area contributed by atoms with Crippen molar-refractivity contribution in [3.8, 4) is 0 Å². The SMILES string of the molecule is C[C@@H]1O[C@H]2O[C@@H](C)[C@H](O)[C@@H](O)[C@H]2O1. The molecule has 2 aliphatic heterocycles. The van der Waals surface area contributed by atoms with Crippen molar-refractivity contribution in [2.75, 3.05) is 0 Å². The van der Waals surface area contributed by atoms with Crippen molar-refractivity contribution < 1.29 is 24.4 Å². The third-order valence-corrected chi connectivity index (χ3v) is 2.46. The van der Waals surface area contributed by atoms with Gasteiger partial charge in [0.05, 0.1) is 6.10 Å². The van der Waals surface area contributed by atoms with Gasteiger partial charge in [0.15, 0.2) is 12.6 Å². The van der Waals surface area contributed by atoms with Gasteiger partial charge in [0.1, 0.15) is 18.3 Å². The standard InChI is InChI=1S/C8H14O5/c1-3-5(9)6(10)7-8(11-3)13-4(2)12-7/h3-10H,1-2H3/t3-,4-,5-,6+,7+,8+/m0/s1. The number of hydrogen-bond acceptors (Lipinski definition) is 5. The third kappa shape index (κ3) is 1.47. The van der Waals surface area contributed by atoms with E-state index in [1.807, 2.05) is 0 Å². The molecule has 5 heteroatoms. The average molecular weight is 190 g/mol. The summed E-state index contributed by atoms with van der Waals surface area (Å²) in [4.78, 5) is 0. The fourth-order valence-electron chi connectivity index (χ4n) is 1.70. The first-order valence-electron chi connectivity index (χ1n) is 4.42. The molecule has 2 saturated heterocycles. The van der Waals surface area contributed by atoms with E-state index in [1.54, 1.807) is 13.8 Å². The van der Waals surface area contributed by atoms with E-state index in [1.165, 1.54) is 0 Å². The summed E-state index contributed by atoms with van der Waals surface area (Å²) in [6.07, 6.45) is -3.77. The van der Waals surface area contributed by atoms with Crippen LogP contribution in [0, 0.1) is 0 Å². The van der Waals surface area contributed by atoms with Crippen molar-refractivity contribution in [3.63, 3.8) is 0 Å². The molecule has 0 unspecified atom stereocenters. The molecule has 2 rings (SSSR count). The van der Waals surface area contributed by atoms with Gasteiger partial charge in [-0.1, -0.05) is 0 Å². The van der Waals surface area contributed by atoms with Crippen LogP contribution in [0.4, 0.5) is 0 Å². The maximum Gasteiger partial charge on any atom is 0.189 e. The minimum Gasteiger partial charge on any atom is -0.388 e. The van der Waals surface area contributed by atoms with E-state index >= 15 is 0 Å². The van der Waals surface area contributed by atoms with Crippen molar-refractivity contribution in [2.24, 2.45) is 0 Å². The van der Waals surface area contributed by atoms with Gasteiger partial charge >= 0.3 is 0 Å². The van der Waals surface area contributed by atoms with Crippen LogP contribution in [-0.4, -0.2) is 47.2 Å². The van der Waals surface area contributed by atoms with Crippen LogP contribution in [0.15, 0.2) is 0 Å². The van der Waals surface area contributed by atoms with Crippen LogP contribution in [-0.2, 0) is 14.2 Å². The minimum absolute atomic E-state index is 0.387. The first kappa shape index (κ1) is 9.36. The predicted molar refractivity (Wildman–Crippen MR) is 41.8 cm³/mol. The second-order valence-corrected chi connectivity index (χ2v) is 3.50. The highest BCUT2D eigenvalue weighted by molar-refractivity contribution is 4.90. The zero-order valence-electron chi connectivity index (χ0n) is 7.58. The van der Waals surface area contributed by atoms with Gasteiger partial charge in [0.25, 0.3) is 0 Å². The molecule has 0 radical (unpaired) electrons. The highest BCUT2D eigenvalue weighted by Crippen LogP contribution is 2.30. The van der Waals surface area contributed by atoms with Gasteiger partial charge in [-0.3, -0.25) is 0 Å². The second-order valence-electron chi connectivity index (χ2n) is 3.50. The quantitative estimate of drug-likeness (QED) is 0.524. The molecule has 5 nitrogen and oxygen atoms in total. The van der Waals surface area contributed by atoms with E-state index < -0.39 is 30.7 Å². The van der Waals surface area contributed by atoms with Gasteiger partial charge in [0.2, 0.25) is 0 Å². The zero-order chi connectivity index (χ0) is 9.59. The first-order valence-corrected chi connectivity index (χ1v) is 4.42. The lowest BCUT2D eigenvalue weighted by Gasteiger charge is -2.36. The summed E-state index contributed by atoms with van der Waals surface area (Å²) in [7, 11) is 0. The molecule has 2 N–H and O–H groups in total. The van der Waals surface area contributed by atoms with E-state index in [-0.39, 0.29) is 6.29 Å². The third-order valence-electron chi connectivity index (χ3n) is 2.46. The number of ether oxygens (including phenoxy) is 3. The Bertz CT molecular complexity index is 195. The Morgan fingerprint density at radius 1 is 0.923 bits per heavy atom.